The number of nitrogens with zero attached hydrogens (tertiary/aromatic N) is 2. The van der Waals surface area contributed by atoms with Gasteiger partial charge in [-0.1, -0.05) is 29.0 Å². The maximum absolute atomic E-state index is 11.9. The SMILES string of the molecule is CC#CCSc1nnc(NCC(F)(F)F)s1. The summed E-state index contributed by atoms with van der Waals surface area (Å²) in [4.78, 5) is 0. The van der Waals surface area contributed by atoms with E-state index < -0.39 is 12.7 Å². The molecule has 1 heterocycles. The predicted molar refractivity (Wildman–Crippen MR) is 58.6 cm³/mol. The van der Waals surface area contributed by atoms with Crippen molar-refractivity contribution in [3.05, 3.63) is 0 Å². The summed E-state index contributed by atoms with van der Waals surface area (Å²) in [7, 11) is 0. The summed E-state index contributed by atoms with van der Waals surface area (Å²) in [5, 5.41) is 9.65. The van der Waals surface area contributed by atoms with Gasteiger partial charge in [-0.05, 0) is 6.92 Å². The van der Waals surface area contributed by atoms with Gasteiger partial charge in [-0.15, -0.1) is 16.1 Å². The van der Waals surface area contributed by atoms with Gasteiger partial charge < -0.3 is 5.32 Å². The van der Waals surface area contributed by atoms with Crippen LogP contribution in [0.5, 0.6) is 0 Å². The Hall–Kier alpha value is -0.940. The second kappa shape index (κ2) is 5.96. The number of aromatic nitrogens is 2. The van der Waals surface area contributed by atoms with Gasteiger partial charge in [0.05, 0.1) is 5.75 Å². The average Bonchev–Trinajstić information content (AvgIpc) is 2.62. The van der Waals surface area contributed by atoms with Gasteiger partial charge in [-0.2, -0.15) is 13.2 Å². The highest BCUT2D eigenvalue weighted by molar-refractivity contribution is 8.01. The van der Waals surface area contributed by atoms with Crippen molar-refractivity contribution in [1.29, 1.82) is 0 Å². The lowest BCUT2D eigenvalue weighted by Crippen LogP contribution is -2.21. The van der Waals surface area contributed by atoms with Crippen molar-refractivity contribution in [2.75, 3.05) is 17.6 Å². The van der Waals surface area contributed by atoms with Crippen LogP contribution in [0.15, 0.2) is 4.34 Å². The van der Waals surface area contributed by atoms with Gasteiger partial charge in [0.15, 0.2) is 4.34 Å². The third kappa shape index (κ3) is 5.23. The van der Waals surface area contributed by atoms with Gasteiger partial charge in [-0.25, -0.2) is 0 Å². The fourth-order valence-corrected chi connectivity index (χ4v) is 2.25. The van der Waals surface area contributed by atoms with Crippen LogP contribution in [-0.2, 0) is 0 Å². The molecule has 0 unspecified atom stereocenters. The van der Waals surface area contributed by atoms with E-state index in [2.05, 4.69) is 27.4 Å². The number of alkyl halides is 3. The van der Waals surface area contributed by atoms with Crippen molar-refractivity contribution in [3.63, 3.8) is 0 Å². The number of rotatable bonds is 4. The summed E-state index contributed by atoms with van der Waals surface area (Å²) in [6.45, 7) is 0.623. The van der Waals surface area contributed by atoms with Crippen molar-refractivity contribution in [1.82, 2.24) is 10.2 Å². The Bertz CT molecular complexity index is 391. The number of hydrogen-bond acceptors (Lipinski definition) is 5. The van der Waals surface area contributed by atoms with E-state index >= 15 is 0 Å². The first-order valence-electron chi connectivity index (χ1n) is 4.18. The maximum Gasteiger partial charge on any atom is 0.405 e. The van der Waals surface area contributed by atoms with Gasteiger partial charge in [0, 0.05) is 0 Å². The number of thioether (sulfide) groups is 1. The van der Waals surface area contributed by atoms with Crippen molar-refractivity contribution in [3.8, 4) is 11.8 Å². The van der Waals surface area contributed by atoms with Crippen LogP contribution in [0, 0.1) is 11.8 Å². The molecule has 0 aliphatic heterocycles. The molecule has 8 heteroatoms. The third-order valence-electron chi connectivity index (χ3n) is 1.29. The highest BCUT2D eigenvalue weighted by Crippen LogP contribution is 2.26. The fraction of sp³-hybridized carbons (Fsp3) is 0.500. The predicted octanol–water partition coefficient (Wildman–Crippen LogP) is 2.63. The van der Waals surface area contributed by atoms with Crippen LogP contribution in [0.2, 0.25) is 0 Å². The average molecular weight is 267 g/mol. The summed E-state index contributed by atoms with van der Waals surface area (Å²) in [6.07, 6.45) is -4.24. The van der Waals surface area contributed by atoms with Crippen LogP contribution < -0.4 is 5.32 Å². The summed E-state index contributed by atoms with van der Waals surface area (Å²) in [5.74, 6) is 6.08. The smallest absolute Gasteiger partial charge is 0.351 e. The van der Waals surface area contributed by atoms with Gasteiger partial charge in [0.2, 0.25) is 5.13 Å². The molecule has 0 saturated heterocycles. The lowest BCUT2D eigenvalue weighted by molar-refractivity contribution is -0.115. The molecule has 0 aromatic carbocycles. The summed E-state index contributed by atoms with van der Waals surface area (Å²) in [5.41, 5.74) is 0. The number of anilines is 1. The Labute approximate surface area is 98.8 Å². The lowest BCUT2D eigenvalue weighted by atomic mass is 10.6. The van der Waals surface area contributed by atoms with Crippen LogP contribution in [-0.4, -0.2) is 28.7 Å². The first-order chi connectivity index (χ1) is 7.51. The largest absolute Gasteiger partial charge is 0.405 e. The Morgan fingerprint density at radius 2 is 2.19 bits per heavy atom. The highest BCUT2D eigenvalue weighted by Gasteiger charge is 2.27. The van der Waals surface area contributed by atoms with E-state index in [1.165, 1.54) is 11.8 Å². The van der Waals surface area contributed by atoms with E-state index in [1.54, 1.807) is 6.92 Å². The zero-order valence-corrected chi connectivity index (χ0v) is 9.89. The molecule has 1 aromatic rings. The van der Waals surface area contributed by atoms with Crippen LogP contribution in [0.4, 0.5) is 18.3 Å². The summed E-state index contributed by atoms with van der Waals surface area (Å²) >= 11 is 2.44. The maximum atomic E-state index is 11.9. The van der Waals surface area contributed by atoms with Gasteiger partial charge in [0.1, 0.15) is 6.54 Å². The Balaban J connectivity index is 2.41. The van der Waals surface area contributed by atoms with Crippen LogP contribution in [0.25, 0.3) is 0 Å². The van der Waals surface area contributed by atoms with E-state index in [4.69, 9.17) is 0 Å². The molecular weight excluding hydrogens is 259 g/mol. The molecule has 0 atom stereocenters. The quantitative estimate of drug-likeness (QED) is 0.672. The van der Waals surface area contributed by atoms with E-state index in [0.29, 0.717) is 10.1 Å². The van der Waals surface area contributed by atoms with Crippen molar-refractivity contribution < 1.29 is 13.2 Å². The normalized spacial score (nSPS) is 10.8. The van der Waals surface area contributed by atoms with Crippen molar-refractivity contribution in [2.45, 2.75) is 17.4 Å². The summed E-state index contributed by atoms with van der Waals surface area (Å²) in [6, 6.07) is 0. The Morgan fingerprint density at radius 1 is 1.44 bits per heavy atom. The molecule has 0 aliphatic rings. The fourth-order valence-electron chi connectivity index (χ4n) is 0.685. The number of halogens is 3. The Morgan fingerprint density at radius 3 is 2.81 bits per heavy atom. The van der Waals surface area contributed by atoms with Gasteiger partial charge >= 0.3 is 6.18 Å². The number of nitrogens with one attached hydrogen (secondary N) is 1. The molecule has 0 amide bonds. The Kier molecular flexibility index (Phi) is 4.89. The first kappa shape index (κ1) is 13.1. The number of hydrogen-bond donors (Lipinski definition) is 1. The van der Waals surface area contributed by atoms with Crippen LogP contribution >= 0.6 is 23.1 Å². The standard InChI is InChI=1S/C8H8F3N3S2/c1-2-3-4-15-7-14-13-6(16-7)12-5-8(9,10)11/h4-5H2,1H3,(H,12,13). The minimum absolute atomic E-state index is 0.171. The molecule has 88 valence electrons. The molecule has 0 saturated carbocycles. The second-order valence-electron chi connectivity index (χ2n) is 2.56. The second-order valence-corrected chi connectivity index (χ2v) is 4.76. The molecule has 0 aliphatic carbocycles. The first-order valence-corrected chi connectivity index (χ1v) is 5.98. The molecule has 0 spiro atoms. The minimum Gasteiger partial charge on any atom is -0.351 e. The van der Waals surface area contributed by atoms with Crippen molar-refractivity contribution in [2.24, 2.45) is 0 Å². The van der Waals surface area contributed by atoms with Gasteiger partial charge in [0.25, 0.3) is 0 Å². The van der Waals surface area contributed by atoms with E-state index in [9.17, 15) is 13.2 Å². The highest BCUT2D eigenvalue weighted by atomic mass is 32.2. The molecule has 0 radical (unpaired) electrons. The van der Waals surface area contributed by atoms with Gasteiger partial charge in [-0.3, -0.25) is 0 Å². The molecule has 3 nitrogen and oxygen atoms in total. The molecule has 1 rings (SSSR count). The molecule has 0 fully saturated rings. The zero-order valence-electron chi connectivity index (χ0n) is 8.26. The lowest BCUT2D eigenvalue weighted by Gasteiger charge is -2.05. The molecule has 1 aromatic heterocycles. The molecule has 1 N–H and O–H groups in total. The molecule has 16 heavy (non-hydrogen) atoms. The molecular formula is C8H8F3N3S2. The van der Waals surface area contributed by atoms with E-state index in [-0.39, 0.29) is 5.13 Å². The van der Waals surface area contributed by atoms with Crippen molar-refractivity contribution >= 4 is 28.2 Å². The summed E-state index contributed by atoms with van der Waals surface area (Å²) < 4.78 is 36.2. The minimum atomic E-state index is -4.24. The molecule has 0 bridgehead atoms. The van der Waals surface area contributed by atoms with Crippen LogP contribution in [0.1, 0.15) is 6.92 Å². The van der Waals surface area contributed by atoms with Crippen LogP contribution in [0.3, 0.4) is 0 Å². The van der Waals surface area contributed by atoms with E-state index in [0.717, 1.165) is 11.3 Å². The topological polar surface area (TPSA) is 37.8 Å². The monoisotopic (exact) mass is 267 g/mol. The van der Waals surface area contributed by atoms with E-state index in [1.807, 2.05) is 0 Å². The third-order valence-corrected chi connectivity index (χ3v) is 3.19. The zero-order chi connectivity index (χ0) is 12.0.